The number of thiazole rings is 1. The predicted octanol–water partition coefficient (Wildman–Crippen LogP) is 3.01. The third kappa shape index (κ3) is 1.70. The van der Waals surface area contributed by atoms with E-state index in [0.29, 0.717) is 11.8 Å². The fourth-order valence-corrected chi connectivity index (χ4v) is 1.66. The second-order valence-electron chi connectivity index (χ2n) is 2.44. The topological polar surface area (TPSA) is 12.9 Å². The molecule has 1 heterocycles. The molecular formula is C7H10ClNS. The molecule has 0 bridgehead atoms. The Kier molecular flexibility index (Phi) is 2.69. The zero-order valence-corrected chi connectivity index (χ0v) is 7.67. The van der Waals surface area contributed by atoms with E-state index in [1.165, 1.54) is 4.88 Å². The Hall–Kier alpha value is -0.0800. The molecule has 0 unspecified atom stereocenters. The summed E-state index contributed by atoms with van der Waals surface area (Å²) >= 11 is 7.29. The van der Waals surface area contributed by atoms with E-state index in [1.54, 1.807) is 11.3 Å². The highest BCUT2D eigenvalue weighted by atomic mass is 35.5. The third-order valence-corrected chi connectivity index (χ3v) is 2.96. The first kappa shape index (κ1) is 8.02. The van der Waals surface area contributed by atoms with Gasteiger partial charge in [-0.1, -0.05) is 13.8 Å². The Morgan fingerprint density at radius 2 is 2.40 bits per heavy atom. The molecule has 1 rings (SSSR count). The van der Waals surface area contributed by atoms with E-state index in [0.717, 1.165) is 5.01 Å². The maximum atomic E-state index is 5.59. The minimum Gasteiger partial charge on any atom is -0.248 e. The average molecular weight is 176 g/mol. The normalized spacial score (nSPS) is 10.8. The molecule has 0 aliphatic heterocycles. The predicted molar refractivity (Wildman–Crippen MR) is 45.8 cm³/mol. The molecule has 0 aliphatic rings. The Balaban J connectivity index is 2.78. The molecule has 3 heteroatoms. The molecule has 1 aromatic rings. The molecular weight excluding hydrogens is 166 g/mol. The summed E-state index contributed by atoms with van der Waals surface area (Å²) in [6.45, 7) is 4.32. The van der Waals surface area contributed by atoms with Crippen LogP contribution in [0.15, 0.2) is 6.20 Å². The van der Waals surface area contributed by atoms with Crippen LogP contribution in [0.5, 0.6) is 0 Å². The Bertz CT molecular complexity index is 207. The van der Waals surface area contributed by atoms with Gasteiger partial charge in [0.25, 0.3) is 0 Å². The van der Waals surface area contributed by atoms with Gasteiger partial charge in [0.1, 0.15) is 5.01 Å². The fourth-order valence-electron chi connectivity index (χ4n) is 0.653. The lowest BCUT2D eigenvalue weighted by Crippen LogP contribution is -1.77. The smallest absolute Gasteiger partial charge is 0.108 e. The standard InChI is InChI=1S/C7H10ClNS/c1-5(2)6-4-9-7(3-8)10-6/h4-5H,3H2,1-2H3. The van der Waals surface area contributed by atoms with Crippen LogP contribution in [-0.4, -0.2) is 4.98 Å². The Morgan fingerprint density at radius 3 is 2.70 bits per heavy atom. The second kappa shape index (κ2) is 3.35. The molecule has 0 saturated carbocycles. The number of alkyl halides is 1. The van der Waals surface area contributed by atoms with Crippen LogP contribution in [0.3, 0.4) is 0 Å². The van der Waals surface area contributed by atoms with Gasteiger partial charge < -0.3 is 0 Å². The van der Waals surface area contributed by atoms with Crippen LogP contribution in [-0.2, 0) is 5.88 Å². The molecule has 0 N–H and O–H groups in total. The Labute approximate surface area is 70.1 Å². The van der Waals surface area contributed by atoms with Gasteiger partial charge in [-0.2, -0.15) is 0 Å². The van der Waals surface area contributed by atoms with E-state index < -0.39 is 0 Å². The summed E-state index contributed by atoms with van der Waals surface area (Å²) < 4.78 is 0. The van der Waals surface area contributed by atoms with Gasteiger partial charge in [0.05, 0.1) is 5.88 Å². The van der Waals surface area contributed by atoms with Crippen molar-refractivity contribution in [1.29, 1.82) is 0 Å². The highest BCUT2D eigenvalue weighted by molar-refractivity contribution is 7.11. The maximum absolute atomic E-state index is 5.59. The van der Waals surface area contributed by atoms with Crippen molar-refractivity contribution in [3.63, 3.8) is 0 Å². The van der Waals surface area contributed by atoms with Crippen LogP contribution >= 0.6 is 22.9 Å². The summed E-state index contributed by atoms with van der Waals surface area (Å²) in [6.07, 6.45) is 1.91. The molecule has 0 aromatic carbocycles. The molecule has 0 amide bonds. The summed E-state index contributed by atoms with van der Waals surface area (Å²) in [4.78, 5) is 5.46. The van der Waals surface area contributed by atoms with Crippen molar-refractivity contribution in [2.45, 2.75) is 25.6 Å². The van der Waals surface area contributed by atoms with Crippen LogP contribution < -0.4 is 0 Å². The van der Waals surface area contributed by atoms with Crippen molar-refractivity contribution in [3.8, 4) is 0 Å². The third-order valence-electron chi connectivity index (χ3n) is 1.25. The molecule has 0 saturated heterocycles. The van der Waals surface area contributed by atoms with Gasteiger partial charge in [-0.3, -0.25) is 0 Å². The van der Waals surface area contributed by atoms with Crippen LogP contribution in [0.2, 0.25) is 0 Å². The zero-order valence-electron chi connectivity index (χ0n) is 6.10. The average Bonchev–Trinajstić information content (AvgIpc) is 2.34. The summed E-state index contributed by atoms with van der Waals surface area (Å²) in [5, 5.41) is 1.02. The van der Waals surface area contributed by atoms with Gasteiger partial charge in [0.15, 0.2) is 0 Å². The van der Waals surface area contributed by atoms with Crippen LogP contribution in [0.1, 0.15) is 29.7 Å². The van der Waals surface area contributed by atoms with E-state index in [2.05, 4.69) is 18.8 Å². The number of aromatic nitrogens is 1. The quantitative estimate of drug-likeness (QED) is 0.630. The number of hydrogen-bond donors (Lipinski definition) is 0. The molecule has 0 radical (unpaired) electrons. The fraction of sp³-hybridized carbons (Fsp3) is 0.571. The van der Waals surface area contributed by atoms with Crippen LogP contribution in [0.25, 0.3) is 0 Å². The lowest BCUT2D eigenvalue weighted by atomic mass is 10.2. The van der Waals surface area contributed by atoms with Gasteiger partial charge in [-0.15, -0.1) is 22.9 Å². The molecule has 0 aliphatic carbocycles. The minimum absolute atomic E-state index is 0.539. The lowest BCUT2D eigenvalue weighted by molar-refractivity contribution is 0.885. The van der Waals surface area contributed by atoms with Crippen molar-refractivity contribution >= 4 is 22.9 Å². The monoisotopic (exact) mass is 175 g/mol. The van der Waals surface area contributed by atoms with E-state index in [1.807, 2.05) is 6.20 Å². The van der Waals surface area contributed by atoms with Crippen molar-refractivity contribution in [3.05, 3.63) is 16.1 Å². The molecule has 1 aromatic heterocycles. The van der Waals surface area contributed by atoms with Gasteiger partial charge >= 0.3 is 0 Å². The first-order valence-electron chi connectivity index (χ1n) is 3.24. The molecule has 0 spiro atoms. The highest BCUT2D eigenvalue weighted by Gasteiger charge is 2.03. The number of hydrogen-bond acceptors (Lipinski definition) is 2. The summed E-state index contributed by atoms with van der Waals surface area (Å²) in [5.41, 5.74) is 0. The van der Waals surface area contributed by atoms with E-state index in [-0.39, 0.29) is 0 Å². The number of halogens is 1. The molecule has 10 heavy (non-hydrogen) atoms. The summed E-state index contributed by atoms with van der Waals surface area (Å²) in [7, 11) is 0. The largest absolute Gasteiger partial charge is 0.248 e. The van der Waals surface area contributed by atoms with Gasteiger partial charge in [-0.05, 0) is 5.92 Å². The van der Waals surface area contributed by atoms with E-state index in [4.69, 9.17) is 11.6 Å². The van der Waals surface area contributed by atoms with Crippen molar-refractivity contribution < 1.29 is 0 Å². The SMILES string of the molecule is CC(C)c1cnc(CCl)s1. The van der Waals surface area contributed by atoms with Crippen molar-refractivity contribution in [1.82, 2.24) is 4.98 Å². The molecule has 56 valence electrons. The minimum atomic E-state index is 0.539. The first-order chi connectivity index (χ1) is 4.74. The van der Waals surface area contributed by atoms with Crippen molar-refractivity contribution in [2.24, 2.45) is 0 Å². The zero-order chi connectivity index (χ0) is 7.56. The van der Waals surface area contributed by atoms with Crippen LogP contribution in [0, 0.1) is 0 Å². The number of rotatable bonds is 2. The van der Waals surface area contributed by atoms with Gasteiger partial charge in [0.2, 0.25) is 0 Å². The summed E-state index contributed by atoms with van der Waals surface area (Å²) in [5.74, 6) is 1.12. The first-order valence-corrected chi connectivity index (χ1v) is 4.59. The Morgan fingerprint density at radius 1 is 1.70 bits per heavy atom. The molecule has 0 fully saturated rings. The summed E-state index contributed by atoms with van der Waals surface area (Å²) in [6, 6.07) is 0. The second-order valence-corrected chi connectivity index (χ2v) is 3.86. The van der Waals surface area contributed by atoms with Crippen LogP contribution in [0.4, 0.5) is 0 Å². The molecule has 1 nitrogen and oxygen atoms in total. The maximum Gasteiger partial charge on any atom is 0.108 e. The lowest BCUT2D eigenvalue weighted by Gasteiger charge is -1.95. The van der Waals surface area contributed by atoms with Crippen molar-refractivity contribution in [2.75, 3.05) is 0 Å². The van der Waals surface area contributed by atoms with E-state index >= 15 is 0 Å². The van der Waals surface area contributed by atoms with Gasteiger partial charge in [-0.25, -0.2) is 4.98 Å². The van der Waals surface area contributed by atoms with Gasteiger partial charge in [0, 0.05) is 11.1 Å². The number of nitrogens with zero attached hydrogens (tertiary/aromatic N) is 1. The highest BCUT2D eigenvalue weighted by Crippen LogP contribution is 2.22. The van der Waals surface area contributed by atoms with E-state index in [9.17, 15) is 0 Å². The molecule has 0 atom stereocenters.